The van der Waals surface area contributed by atoms with Gasteiger partial charge in [0.1, 0.15) is 0 Å². The van der Waals surface area contributed by atoms with Crippen LogP contribution in [0.4, 0.5) is 0 Å². The first-order valence-corrected chi connectivity index (χ1v) is 3.05. The molecule has 12 heavy (non-hydrogen) atoms. The van der Waals surface area contributed by atoms with Crippen LogP contribution in [0.3, 0.4) is 0 Å². The molecule has 0 aliphatic carbocycles. The lowest BCUT2D eigenvalue weighted by Gasteiger charge is -2.21. The van der Waals surface area contributed by atoms with Crippen molar-refractivity contribution in [1.82, 2.24) is 0 Å². The standard InChI is InChI=1S/C5H7NO6/c7-4(8)5(9)2-1-3(12-5)6(10)11/h1-4,7-9H. The van der Waals surface area contributed by atoms with Gasteiger partial charge in [-0.3, -0.25) is 14.9 Å². The van der Waals surface area contributed by atoms with Crippen LogP contribution in [0.15, 0.2) is 12.2 Å². The predicted octanol–water partition coefficient (Wildman–Crippen LogP) is -1.83. The number of hydrogen-bond donors (Lipinski definition) is 3. The molecule has 0 fully saturated rings. The first-order chi connectivity index (χ1) is 5.46. The normalized spacial score (nSPS) is 34.5. The number of aliphatic hydroxyl groups excluding tert-OH is 1. The number of nitrogens with zero attached hydrogens (tertiary/aromatic N) is 1. The number of ether oxygens (including phenoxy) is 1. The Morgan fingerprint density at radius 2 is 2.25 bits per heavy atom. The van der Waals surface area contributed by atoms with E-state index < -0.39 is 23.2 Å². The molecule has 7 heteroatoms. The molecule has 0 aromatic heterocycles. The lowest BCUT2D eigenvalue weighted by atomic mass is 10.3. The SMILES string of the molecule is O=[N+]([O-])C1C=CC(O)(C(O)O)O1. The zero-order valence-corrected chi connectivity index (χ0v) is 5.82. The maximum atomic E-state index is 10.1. The number of rotatable bonds is 2. The molecule has 0 radical (unpaired) electrons. The molecule has 1 heterocycles. The minimum atomic E-state index is -2.36. The highest BCUT2D eigenvalue weighted by Crippen LogP contribution is 2.23. The Hall–Kier alpha value is -1.02. The fraction of sp³-hybridized carbons (Fsp3) is 0.600. The molecule has 7 nitrogen and oxygen atoms in total. The predicted molar refractivity (Wildman–Crippen MR) is 34.2 cm³/mol. The van der Waals surface area contributed by atoms with Gasteiger partial charge in [0, 0.05) is 6.08 Å². The van der Waals surface area contributed by atoms with E-state index in [1.807, 2.05) is 0 Å². The quantitative estimate of drug-likeness (QED) is 0.198. The largest absolute Gasteiger partial charge is 0.364 e. The summed E-state index contributed by atoms with van der Waals surface area (Å²) < 4.78 is 4.32. The summed E-state index contributed by atoms with van der Waals surface area (Å²) in [7, 11) is 0. The molecule has 68 valence electrons. The van der Waals surface area contributed by atoms with Gasteiger partial charge in [-0.25, -0.2) is 0 Å². The highest BCUT2D eigenvalue weighted by Gasteiger charge is 2.44. The van der Waals surface area contributed by atoms with Crippen LogP contribution < -0.4 is 0 Å². The van der Waals surface area contributed by atoms with Crippen LogP contribution in [-0.2, 0) is 4.74 Å². The Morgan fingerprint density at radius 1 is 1.67 bits per heavy atom. The third kappa shape index (κ3) is 1.43. The van der Waals surface area contributed by atoms with Crippen LogP contribution in [-0.4, -0.2) is 38.5 Å². The van der Waals surface area contributed by atoms with Gasteiger partial charge in [-0.1, -0.05) is 0 Å². The van der Waals surface area contributed by atoms with Crippen molar-refractivity contribution in [2.75, 3.05) is 0 Å². The smallest absolute Gasteiger partial charge is 0.338 e. The molecule has 1 aliphatic rings. The van der Waals surface area contributed by atoms with E-state index in [-0.39, 0.29) is 0 Å². The van der Waals surface area contributed by atoms with Crippen molar-refractivity contribution in [2.24, 2.45) is 0 Å². The number of nitro groups is 1. The molecular formula is C5H7NO6. The topological polar surface area (TPSA) is 113 Å². The van der Waals surface area contributed by atoms with Crippen molar-refractivity contribution in [3.8, 4) is 0 Å². The van der Waals surface area contributed by atoms with E-state index in [2.05, 4.69) is 4.74 Å². The molecule has 0 bridgehead atoms. The van der Waals surface area contributed by atoms with Gasteiger partial charge >= 0.3 is 6.23 Å². The molecule has 1 aliphatic heterocycles. The average Bonchev–Trinajstić information content (AvgIpc) is 2.33. The van der Waals surface area contributed by atoms with Crippen molar-refractivity contribution < 1.29 is 25.0 Å². The Bertz CT molecular complexity index is 226. The van der Waals surface area contributed by atoms with E-state index in [9.17, 15) is 10.1 Å². The third-order valence-electron chi connectivity index (χ3n) is 1.39. The Morgan fingerprint density at radius 3 is 2.50 bits per heavy atom. The van der Waals surface area contributed by atoms with Gasteiger partial charge in [-0.2, -0.15) is 0 Å². The number of hydrogen-bond acceptors (Lipinski definition) is 6. The van der Waals surface area contributed by atoms with Crippen molar-refractivity contribution in [3.63, 3.8) is 0 Å². The summed E-state index contributed by atoms with van der Waals surface area (Å²) in [5.74, 6) is -2.36. The molecule has 0 amide bonds. The second kappa shape index (κ2) is 2.79. The Labute approximate surface area is 66.7 Å². The summed E-state index contributed by atoms with van der Waals surface area (Å²) in [6.07, 6.45) is -1.97. The van der Waals surface area contributed by atoms with Crippen molar-refractivity contribution in [3.05, 3.63) is 22.3 Å². The highest BCUT2D eigenvalue weighted by molar-refractivity contribution is 5.04. The second-order valence-electron chi connectivity index (χ2n) is 2.28. The van der Waals surface area contributed by atoms with E-state index >= 15 is 0 Å². The van der Waals surface area contributed by atoms with Crippen LogP contribution in [0, 0.1) is 10.1 Å². The summed E-state index contributed by atoms with van der Waals surface area (Å²) in [5, 5.41) is 36.2. The van der Waals surface area contributed by atoms with E-state index in [4.69, 9.17) is 15.3 Å². The molecular weight excluding hydrogens is 170 g/mol. The van der Waals surface area contributed by atoms with Gasteiger partial charge < -0.3 is 15.3 Å². The Kier molecular flexibility index (Phi) is 2.11. The molecule has 0 aromatic carbocycles. The zero-order valence-electron chi connectivity index (χ0n) is 5.82. The molecule has 0 saturated carbocycles. The second-order valence-corrected chi connectivity index (χ2v) is 2.28. The zero-order chi connectivity index (χ0) is 9.35. The van der Waals surface area contributed by atoms with E-state index in [0.717, 1.165) is 12.2 Å². The van der Waals surface area contributed by atoms with Gasteiger partial charge in [-0.15, -0.1) is 0 Å². The van der Waals surface area contributed by atoms with Crippen LogP contribution in [0.1, 0.15) is 0 Å². The third-order valence-corrected chi connectivity index (χ3v) is 1.39. The fourth-order valence-corrected chi connectivity index (χ4v) is 0.752. The van der Waals surface area contributed by atoms with Crippen molar-refractivity contribution in [2.45, 2.75) is 18.3 Å². The van der Waals surface area contributed by atoms with Gasteiger partial charge in [0.05, 0.1) is 4.92 Å². The maximum absolute atomic E-state index is 10.1. The minimum Gasteiger partial charge on any atom is -0.364 e. The van der Waals surface area contributed by atoms with E-state index in [0.29, 0.717) is 0 Å². The summed E-state index contributed by atoms with van der Waals surface area (Å²) in [4.78, 5) is 9.26. The summed E-state index contributed by atoms with van der Waals surface area (Å²) in [5.41, 5.74) is 0. The Balaban J connectivity index is 2.69. The summed E-state index contributed by atoms with van der Waals surface area (Å²) >= 11 is 0. The summed E-state index contributed by atoms with van der Waals surface area (Å²) in [6, 6.07) is 0. The van der Waals surface area contributed by atoms with E-state index in [1.54, 1.807) is 0 Å². The van der Waals surface area contributed by atoms with Crippen LogP contribution in [0.25, 0.3) is 0 Å². The highest BCUT2D eigenvalue weighted by atomic mass is 16.7. The van der Waals surface area contributed by atoms with Gasteiger partial charge in [0.2, 0.25) is 12.1 Å². The average molecular weight is 177 g/mol. The van der Waals surface area contributed by atoms with Gasteiger partial charge in [0.25, 0.3) is 0 Å². The fourth-order valence-electron chi connectivity index (χ4n) is 0.752. The maximum Gasteiger partial charge on any atom is 0.338 e. The first-order valence-electron chi connectivity index (χ1n) is 3.05. The molecule has 3 N–H and O–H groups in total. The molecule has 2 atom stereocenters. The molecule has 0 aromatic rings. The number of aliphatic hydroxyl groups is 3. The van der Waals surface area contributed by atoms with E-state index in [1.165, 1.54) is 0 Å². The van der Waals surface area contributed by atoms with Gasteiger partial charge in [-0.05, 0) is 6.08 Å². The van der Waals surface area contributed by atoms with Gasteiger partial charge in [0.15, 0.2) is 0 Å². The minimum absolute atomic E-state index is 0.809. The van der Waals surface area contributed by atoms with Crippen LogP contribution >= 0.6 is 0 Å². The molecule has 0 saturated heterocycles. The van der Waals surface area contributed by atoms with Crippen LogP contribution in [0.5, 0.6) is 0 Å². The lowest BCUT2D eigenvalue weighted by Crippen LogP contribution is -2.43. The summed E-state index contributed by atoms with van der Waals surface area (Å²) in [6.45, 7) is 0. The molecule has 0 spiro atoms. The van der Waals surface area contributed by atoms with Crippen molar-refractivity contribution >= 4 is 0 Å². The van der Waals surface area contributed by atoms with Crippen molar-refractivity contribution in [1.29, 1.82) is 0 Å². The van der Waals surface area contributed by atoms with Crippen LogP contribution in [0.2, 0.25) is 0 Å². The molecule has 1 rings (SSSR count). The first kappa shape index (κ1) is 9.07. The molecule has 2 unspecified atom stereocenters. The lowest BCUT2D eigenvalue weighted by molar-refractivity contribution is -0.575. The monoisotopic (exact) mass is 177 g/mol.